The minimum absolute atomic E-state index is 0.210. The van der Waals surface area contributed by atoms with Crippen molar-refractivity contribution in [2.75, 3.05) is 5.73 Å². The Bertz CT molecular complexity index is 307. The number of hydrogen-bond donors (Lipinski definition) is 1. The van der Waals surface area contributed by atoms with Crippen LogP contribution in [-0.4, -0.2) is 6.10 Å². The van der Waals surface area contributed by atoms with E-state index in [2.05, 4.69) is 13.8 Å². The molecule has 0 saturated carbocycles. The Morgan fingerprint density at radius 3 is 2.69 bits per heavy atom. The first-order chi connectivity index (χ1) is 7.69. The van der Waals surface area contributed by atoms with Crippen LogP contribution in [0.25, 0.3) is 0 Å². The van der Waals surface area contributed by atoms with Gasteiger partial charge in [-0.05, 0) is 25.0 Å². The second-order valence-electron chi connectivity index (χ2n) is 3.95. The lowest BCUT2D eigenvalue weighted by Crippen LogP contribution is -2.16. The zero-order valence-electron chi connectivity index (χ0n) is 10.0. The van der Waals surface area contributed by atoms with E-state index in [-0.39, 0.29) is 6.10 Å². The lowest BCUT2D eigenvalue weighted by molar-refractivity contribution is 0.185. The Labute approximate surface area is 103 Å². The second-order valence-corrected chi connectivity index (χ2v) is 4.36. The van der Waals surface area contributed by atoms with Gasteiger partial charge in [0.1, 0.15) is 0 Å². The summed E-state index contributed by atoms with van der Waals surface area (Å²) in [7, 11) is 0. The van der Waals surface area contributed by atoms with Crippen LogP contribution in [0.5, 0.6) is 5.75 Å². The molecule has 90 valence electrons. The number of benzene rings is 1. The SMILES string of the molecule is CCCC[C@H](CC)Oc1c(N)cccc1Cl. The van der Waals surface area contributed by atoms with Gasteiger partial charge in [-0.3, -0.25) is 0 Å². The lowest BCUT2D eigenvalue weighted by atomic mass is 10.1. The van der Waals surface area contributed by atoms with Crippen molar-refractivity contribution in [3.05, 3.63) is 23.2 Å². The summed E-state index contributed by atoms with van der Waals surface area (Å²) in [5.74, 6) is 0.632. The number of nitrogens with two attached hydrogens (primary N) is 1. The molecule has 0 amide bonds. The zero-order chi connectivity index (χ0) is 12.0. The molecule has 0 aromatic heterocycles. The van der Waals surface area contributed by atoms with Crippen molar-refractivity contribution in [3.8, 4) is 5.75 Å². The summed E-state index contributed by atoms with van der Waals surface area (Å²) in [5.41, 5.74) is 6.46. The molecule has 0 aliphatic carbocycles. The van der Waals surface area contributed by atoms with Crippen LogP contribution in [0.4, 0.5) is 5.69 Å². The quantitative estimate of drug-likeness (QED) is 0.755. The van der Waals surface area contributed by atoms with Gasteiger partial charge in [-0.25, -0.2) is 0 Å². The highest BCUT2D eigenvalue weighted by Crippen LogP contribution is 2.32. The van der Waals surface area contributed by atoms with E-state index >= 15 is 0 Å². The Morgan fingerprint density at radius 1 is 1.38 bits per heavy atom. The van der Waals surface area contributed by atoms with E-state index in [0.717, 1.165) is 12.8 Å². The van der Waals surface area contributed by atoms with Crippen LogP contribution < -0.4 is 10.5 Å². The van der Waals surface area contributed by atoms with Gasteiger partial charge >= 0.3 is 0 Å². The summed E-state index contributed by atoms with van der Waals surface area (Å²) in [5, 5.41) is 0.593. The third-order valence-electron chi connectivity index (χ3n) is 2.62. The molecule has 0 bridgehead atoms. The number of hydrogen-bond acceptors (Lipinski definition) is 2. The summed E-state index contributed by atoms with van der Waals surface area (Å²) in [4.78, 5) is 0. The molecule has 1 rings (SSSR count). The predicted molar refractivity (Wildman–Crippen MR) is 70.1 cm³/mol. The first kappa shape index (κ1) is 13.2. The molecule has 0 aliphatic rings. The molecule has 0 aliphatic heterocycles. The van der Waals surface area contributed by atoms with Gasteiger partial charge in [-0.2, -0.15) is 0 Å². The minimum atomic E-state index is 0.210. The molecular weight excluding hydrogens is 222 g/mol. The molecule has 0 spiro atoms. The van der Waals surface area contributed by atoms with E-state index in [0.29, 0.717) is 16.5 Å². The van der Waals surface area contributed by atoms with Gasteiger partial charge < -0.3 is 10.5 Å². The van der Waals surface area contributed by atoms with Gasteiger partial charge in [0.05, 0.1) is 16.8 Å². The lowest BCUT2D eigenvalue weighted by Gasteiger charge is -2.19. The third-order valence-corrected chi connectivity index (χ3v) is 2.91. The number of rotatable bonds is 6. The van der Waals surface area contributed by atoms with E-state index in [1.165, 1.54) is 12.8 Å². The topological polar surface area (TPSA) is 35.2 Å². The van der Waals surface area contributed by atoms with E-state index in [1.54, 1.807) is 6.07 Å². The van der Waals surface area contributed by atoms with Crippen LogP contribution in [-0.2, 0) is 0 Å². The van der Waals surface area contributed by atoms with Crippen molar-refractivity contribution >= 4 is 17.3 Å². The second kappa shape index (κ2) is 6.64. The van der Waals surface area contributed by atoms with Crippen LogP contribution in [0.15, 0.2) is 18.2 Å². The fraction of sp³-hybridized carbons (Fsp3) is 0.538. The van der Waals surface area contributed by atoms with Crippen molar-refractivity contribution in [1.82, 2.24) is 0 Å². The highest BCUT2D eigenvalue weighted by molar-refractivity contribution is 6.32. The first-order valence-corrected chi connectivity index (χ1v) is 6.27. The van der Waals surface area contributed by atoms with E-state index in [1.807, 2.05) is 12.1 Å². The zero-order valence-corrected chi connectivity index (χ0v) is 10.8. The number of anilines is 1. The van der Waals surface area contributed by atoms with Crippen molar-refractivity contribution in [3.63, 3.8) is 0 Å². The molecule has 0 radical (unpaired) electrons. The fourth-order valence-electron chi connectivity index (χ4n) is 1.59. The largest absolute Gasteiger partial charge is 0.487 e. The Hall–Kier alpha value is -0.890. The van der Waals surface area contributed by atoms with Crippen LogP contribution in [0.3, 0.4) is 0 Å². The summed E-state index contributed by atoms with van der Waals surface area (Å²) in [6.45, 7) is 4.30. The molecule has 2 N–H and O–H groups in total. The van der Waals surface area contributed by atoms with E-state index in [4.69, 9.17) is 22.1 Å². The highest BCUT2D eigenvalue weighted by Gasteiger charge is 2.12. The van der Waals surface area contributed by atoms with Crippen molar-refractivity contribution < 1.29 is 4.74 Å². The van der Waals surface area contributed by atoms with E-state index in [9.17, 15) is 0 Å². The monoisotopic (exact) mass is 241 g/mol. The van der Waals surface area contributed by atoms with Crippen LogP contribution in [0.1, 0.15) is 39.5 Å². The van der Waals surface area contributed by atoms with Gasteiger partial charge in [0.2, 0.25) is 0 Å². The first-order valence-electron chi connectivity index (χ1n) is 5.89. The van der Waals surface area contributed by atoms with Gasteiger partial charge in [0.25, 0.3) is 0 Å². The molecule has 16 heavy (non-hydrogen) atoms. The molecule has 0 heterocycles. The van der Waals surface area contributed by atoms with Crippen molar-refractivity contribution in [2.45, 2.75) is 45.6 Å². The summed E-state index contributed by atoms with van der Waals surface area (Å²) in [6, 6.07) is 5.45. The Morgan fingerprint density at radius 2 is 2.12 bits per heavy atom. The maximum Gasteiger partial charge on any atom is 0.161 e. The number of ether oxygens (including phenoxy) is 1. The summed E-state index contributed by atoms with van der Waals surface area (Å²) < 4.78 is 5.87. The third kappa shape index (κ3) is 3.60. The molecule has 0 saturated heterocycles. The Balaban J connectivity index is 2.69. The van der Waals surface area contributed by atoms with E-state index < -0.39 is 0 Å². The highest BCUT2D eigenvalue weighted by atomic mass is 35.5. The minimum Gasteiger partial charge on any atom is -0.487 e. The standard InChI is InChI=1S/C13H20ClNO/c1-3-5-7-10(4-2)16-13-11(14)8-6-9-12(13)15/h6,8-10H,3-5,7,15H2,1-2H3/t10-/m0/s1. The molecular formula is C13H20ClNO. The molecule has 1 aromatic carbocycles. The maximum absolute atomic E-state index is 6.06. The predicted octanol–water partition coefficient (Wildman–Crippen LogP) is 4.27. The van der Waals surface area contributed by atoms with Gasteiger partial charge in [0.15, 0.2) is 5.75 Å². The molecule has 0 unspecified atom stereocenters. The average Bonchev–Trinajstić information content (AvgIpc) is 2.28. The number of halogens is 1. The van der Waals surface area contributed by atoms with Crippen molar-refractivity contribution in [1.29, 1.82) is 0 Å². The molecule has 1 aromatic rings. The van der Waals surface area contributed by atoms with Gasteiger partial charge in [-0.1, -0.05) is 44.4 Å². The summed E-state index contributed by atoms with van der Waals surface area (Å²) >= 11 is 6.06. The fourth-order valence-corrected chi connectivity index (χ4v) is 1.82. The van der Waals surface area contributed by atoms with Crippen molar-refractivity contribution in [2.24, 2.45) is 0 Å². The Kier molecular flexibility index (Phi) is 5.47. The van der Waals surface area contributed by atoms with Crippen LogP contribution in [0, 0.1) is 0 Å². The molecule has 2 nitrogen and oxygen atoms in total. The molecule has 1 atom stereocenters. The van der Waals surface area contributed by atoms with Gasteiger partial charge in [0, 0.05) is 0 Å². The average molecular weight is 242 g/mol. The number of para-hydroxylation sites is 1. The molecule has 3 heteroatoms. The van der Waals surface area contributed by atoms with Gasteiger partial charge in [-0.15, -0.1) is 0 Å². The van der Waals surface area contributed by atoms with Crippen LogP contribution in [0.2, 0.25) is 5.02 Å². The van der Waals surface area contributed by atoms with Crippen LogP contribution >= 0.6 is 11.6 Å². The summed E-state index contributed by atoms with van der Waals surface area (Å²) in [6.07, 6.45) is 4.59. The maximum atomic E-state index is 6.06. The normalized spacial score (nSPS) is 12.4. The number of nitrogen functional groups attached to an aromatic ring is 1. The number of unbranched alkanes of at least 4 members (excludes halogenated alkanes) is 1. The smallest absolute Gasteiger partial charge is 0.161 e. The molecule has 0 fully saturated rings.